The zero-order chi connectivity index (χ0) is 42.1. The Kier molecular flexibility index (Phi) is 9.98. The van der Waals surface area contributed by atoms with Gasteiger partial charge in [-0.1, -0.05) is 0 Å². The molecule has 318 valence electrons. The van der Waals surface area contributed by atoms with Crippen molar-refractivity contribution in [3.8, 4) is 16.9 Å². The van der Waals surface area contributed by atoms with Gasteiger partial charge in [0, 0.05) is 95.5 Å². The molecule has 3 fully saturated rings. The zero-order valence-electron chi connectivity index (χ0n) is 34.3. The Morgan fingerprint density at radius 2 is 1.77 bits per heavy atom. The van der Waals surface area contributed by atoms with Gasteiger partial charge < -0.3 is 34.1 Å². The quantitative estimate of drug-likeness (QED) is 0.234. The number of carbonyl (C=O) groups excluding carboxylic acids is 1. The number of rotatable bonds is 8. The average Bonchev–Trinajstić information content (AvgIpc) is 3.94. The van der Waals surface area contributed by atoms with Crippen LogP contribution >= 0.6 is 0 Å². The predicted octanol–water partition coefficient (Wildman–Crippen LogP) is 4.19. The molecule has 4 aromatic heterocycles. The van der Waals surface area contributed by atoms with Gasteiger partial charge in [0.15, 0.2) is 11.5 Å². The number of nitrogens with one attached hydrogen (secondary N) is 1. The van der Waals surface area contributed by atoms with Crippen molar-refractivity contribution in [2.45, 2.75) is 63.5 Å². The summed E-state index contributed by atoms with van der Waals surface area (Å²) in [7, 11) is 3.46. The molecule has 4 aliphatic rings. The van der Waals surface area contributed by atoms with Crippen LogP contribution in [-0.2, 0) is 20.8 Å². The normalized spacial score (nSPS) is 23.0. The molecule has 1 N–H and O–H groups in total. The molecule has 1 amide bonds. The molecule has 0 aliphatic carbocycles. The van der Waals surface area contributed by atoms with E-state index in [1.54, 1.807) is 37.5 Å². The number of likely N-dealkylation sites (tertiary alicyclic amines) is 1. The number of hydrogen-bond acceptors (Lipinski definition) is 13. The van der Waals surface area contributed by atoms with Crippen LogP contribution in [0.1, 0.15) is 25.6 Å². The SMILES string of the molecule is CCO[C@H]1CN(C)C(=O)[C@@H]2C[C@@H](CN2c2nc(N3C4CC3CN(CCOC)C4)nc3c2cnn3-c2ccc(F)cc2F)Nc2nccc(n2)-c2cc(F)cc3nc(C)n(c23)C1. The van der Waals surface area contributed by atoms with Gasteiger partial charge in [0.25, 0.3) is 0 Å². The lowest BCUT2D eigenvalue weighted by Crippen LogP contribution is -2.69. The van der Waals surface area contributed by atoms with E-state index in [-0.39, 0.29) is 36.3 Å². The fourth-order valence-electron chi connectivity index (χ4n) is 9.66. The van der Waals surface area contributed by atoms with Crippen molar-refractivity contribution in [2.75, 3.05) is 75.2 Å². The van der Waals surface area contributed by atoms with Crippen molar-refractivity contribution in [1.29, 1.82) is 0 Å². The number of nitrogens with zero attached hydrogens (tertiary/aromatic N) is 12. The second kappa shape index (κ2) is 15.5. The summed E-state index contributed by atoms with van der Waals surface area (Å²) in [5.74, 6) is -0.219. The average molecular weight is 838 g/mol. The Labute approximate surface area is 349 Å². The number of ether oxygens (including phenoxy) is 2. The second-order valence-electron chi connectivity index (χ2n) is 16.3. The van der Waals surface area contributed by atoms with Gasteiger partial charge >= 0.3 is 0 Å². The number of fused-ring (bicyclic) bond motifs is 8. The number of hydrogen-bond donors (Lipinski definition) is 1. The van der Waals surface area contributed by atoms with Gasteiger partial charge in [0.05, 0.1) is 47.6 Å². The lowest BCUT2D eigenvalue weighted by Gasteiger charge is -2.56. The first-order valence-corrected chi connectivity index (χ1v) is 20.7. The minimum Gasteiger partial charge on any atom is -0.383 e. The van der Waals surface area contributed by atoms with Crippen LogP contribution in [0.25, 0.3) is 39.0 Å². The largest absolute Gasteiger partial charge is 0.383 e. The van der Waals surface area contributed by atoms with E-state index in [1.807, 2.05) is 23.3 Å². The van der Waals surface area contributed by atoms with Gasteiger partial charge in [-0.3, -0.25) is 9.69 Å². The number of amides is 1. The summed E-state index contributed by atoms with van der Waals surface area (Å²) in [4.78, 5) is 47.6. The topological polar surface area (TPSA) is 148 Å². The van der Waals surface area contributed by atoms with Crippen molar-refractivity contribution in [3.63, 3.8) is 0 Å². The highest BCUT2D eigenvalue weighted by atomic mass is 19.1. The van der Waals surface area contributed by atoms with Gasteiger partial charge in [0.2, 0.25) is 17.8 Å². The maximum atomic E-state index is 15.5. The van der Waals surface area contributed by atoms with Crippen LogP contribution in [0.4, 0.5) is 30.9 Å². The molecule has 19 heteroatoms. The first kappa shape index (κ1) is 39.2. The number of piperazine rings is 1. The number of methoxy groups -OCH3 is 1. The smallest absolute Gasteiger partial charge is 0.245 e. The van der Waals surface area contributed by atoms with Gasteiger partial charge in [-0.15, -0.1) is 0 Å². The molecule has 0 spiro atoms. The highest BCUT2D eigenvalue weighted by Crippen LogP contribution is 2.40. The molecular formula is C42H46F3N13O3. The Morgan fingerprint density at radius 3 is 2.56 bits per heavy atom. The maximum absolute atomic E-state index is 15.5. The first-order valence-electron chi connectivity index (χ1n) is 20.7. The van der Waals surface area contributed by atoms with Crippen molar-refractivity contribution >= 4 is 45.7 Å². The lowest BCUT2D eigenvalue weighted by molar-refractivity contribution is -0.133. The maximum Gasteiger partial charge on any atom is 0.245 e. The van der Waals surface area contributed by atoms with Crippen LogP contribution in [0.2, 0.25) is 0 Å². The number of benzene rings is 2. The Morgan fingerprint density at radius 1 is 0.934 bits per heavy atom. The number of likely N-dealkylation sites (N-methyl/N-ethyl adjacent to an activating group) is 1. The third-order valence-corrected chi connectivity index (χ3v) is 12.4. The Bertz CT molecular complexity index is 2650. The molecule has 0 radical (unpaired) electrons. The minimum absolute atomic E-state index is 0.0298. The van der Waals surface area contributed by atoms with Gasteiger partial charge in [-0.2, -0.15) is 15.1 Å². The van der Waals surface area contributed by atoms with E-state index in [4.69, 9.17) is 29.4 Å². The van der Waals surface area contributed by atoms with Gasteiger partial charge in [0.1, 0.15) is 35.0 Å². The molecule has 61 heavy (non-hydrogen) atoms. The summed E-state index contributed by atoms with van der Waals surface area (Å²) < 4.78 is 59.8. The summed E-state index contributed by atoms with van der Waals surface area (Å²) in [6.45, 7) is 8.11. The van der Waals surface area contributed by atoms with Crippen LogP contribution in [0, 0.1) is 24.4 Å². The minimum atomic E-state index is -0.794. The van der Waals surface area contributed by atoms with Crippen LogP contribution in [0.3, 0.4) is 0 Å². The third kappa shape index (κ3) is 6.97. The van der Waals surface area contributed by atoms with E-state index in [0.717, 1.165) is 32.1 Å². The molecule has 2 unspecified atom stereocenters. The van der Waals surface area contributed by atoms with E-state index >= 15 is 8.78 Å². The number of anilines is 3. The molecular weight excluding hydrogens is 792 g/mol. The monoisotopic (exact) mass is 837 g/mol. The van der Waals surface area contributed by atoms with Crippen molar-refractivity contribution < 1.29 is 27.4 Å². The molecule has 4 aliphatic heterocycles. The van der Waals surface area contributed by atoms with E-state index in [9.17, 15) is 9.18 Å². The second-order valence-corrected chi connectivity index (χ2v) is 16.3. The fraction of sp³-hybridized carbons (Fsp3) is 0.452. The van der Waals surface area contributed by atoms with E-state index in [1.165, 1.54) is 28.9 Å². The molecule has 3 saturated heterocycles. The number of aryl methyl sites for hydroxylation is 1. The van der Waals surface area contributed by atoms with E-state index < -0.39 is 29.6 Å². The van der Waals surface area contributed by atoms with Crippen LogP contribution in [-0.4, -0.2) is 145 Å². The number of aromatic nitrogens is 8. The van der Waals surface area contributed by atoms with Crippen molar-refractivity contribution in [1.82, 2.24) is 49.1 Å². The molecule has 0 saturated carbocycles. The number of halogens is 3. The highest BCUT2D eigenvalue weighted by molar-refractivity contribution is 5.94. The van der Waals surface area contributed by atoms with Crippen molar-refractivity contribution in [3.05, 3.63) is 72.1 Å². The molecule has 10 rings (SSSR count). The zero-order valence-corrected chi connectivity index (χ0v) is 34.3. The third-order valence-electron chi connectivity index (χ3n) is 12.4. The summed E-state index contributed by atoms with van der Waals surface area (Å²) in [6.07, 6.45) is 4.07. The Balaban J connectivity index is 1.09. The molecule has 6 aromatic rings. The van der Waals surface area contributed by atoms with Crippen LogP contribution in [0.5, 0.6) is 0 Å². The molecule has 16 nitrogen and oxygen atoms in total. The summed E-state index contributed by atoms with van der Waals surface area (Å²) in [5.41, 5.74) is 2.63. The lowest BCUT2D eigenvalue weighted by atomic mass is 9.88. The van der Waals surface area contributed by atoms with E-state index in [0.29, 0.717) is 89.6 Å². The molecule has 2 aromatic carbocycles. The first-order chi connectivity index (χ1) is 29.6. The predicted molar refractivity (Wildman–Crippen MR) is 221 cm³/mol. The van der Waals surface area contributed by atoms with Gasteiger partial charge in [-0.25, -0.2) is 32.8 Å². The molecule has 6 bridgehead atoms. The number of piperidine rings is 1. The van der Waals surface area contributed by atoms with Crippen LogP contribution < -0.4 is 15.1 Å². The Hall–Kier alpha value is -5.92. The van der Waals surface area contributed by atoms with Crippen LogP contribution in [0.15, 0.2) is 48.8 Å². The summed E-state index contributed by atoms with van der Waals surface area (Å²) in [5, 5.41) is 8.56. The van der Waals surface area contributed by atoms with E-state index in [2.05, 4.69) is 25.2 Å². The number of imidazole rings is 1. The highest BCUT2D eigenvalue weighted by Gasteiger charge is 2.47. The number of carbonyl (C=O) groups is 1. The van der Waals surface area contributed by atoms with Crippen molar-refractivity contribution in [2.24, 2.45) is 0 Å². The van der Waals surface area contributed by atoms with Gasteiger partial charge in [-0.05, 0) is 51.0 Å². The molecule has 5 atom stereocenters. The summed E-state index contributed by atoms with van der Waals surface area (Å²) >= 11 is 0. The fourth-order valence-corrected chi connectivity index (χ4v) is 9.66. The standard InChI is InChI=1S/C42H46F3N13O3/c1-5-61-29-21-53(3)40(59)36-15-26(49-41-46-9-8-33(50-41)30-12-25(44)14-34-37(30)55(22-29)23(2)48-34)18-56(36)38-31-17-47-58(35-7-6-24(43)13-32(35)45)39(31)52-42(51-38)57-27-16-28(57)20-54(19-27)10-11-60-4/h6-9,12-14,17,26-29,36H,5,10-11,15-16,18-22H2,1-4H3,(H,46,49,50)/t26-,27?,28?,29-,36-/m0/s1. The molecule has 8 heterocycles. The summed E-state index contributed by atoms with van der Waals surface area (Å²) in [6, 6.07) is 7.16.